The predicted octanol–water partition coefficient (Wildman–Crippen LogP) is 3.63. The van der Waals surface area contributed by atoms with Crippen LogP contribution in [0.25, 0.3) is 0 Å². The van der Waals surface area contributed by atoms with E-state index in [9.17, 15) is 10.0 Å². The highest BCUT2D eigenvalue weighted by Crippen LogP contribution is 2.34. The number of amides is 1. The molecule has 0 aliphatic heterocycles. The van der Waals surface area contributed by atoms with E-state index in [1.54, 1.807) is 30.6 Å². The lowest BCUT2D eigenvalue weighted by Gasteiger charge is -2.10. The molecule has 4 N–H and O–H groups in total. The van der Waals surface area contributed by atoms with Gasteiger partial charge in [0.1, 0.15) is 0 Å². The number of carbonyl (C=O) groups is 1. The molecule has 1 fully saturated rings. The number of benzene rings is 1. The minimum atomic E-state index is -0.386. The van der Waals surface area contributed by atoms with Crippen molar-refractivity contribution in [2.24, 2.45) is 0 Å². The molecule has 9 nitrogen and oxygen atoms in total. The molecule has 0 bridgehead atoms. The normalized spacial score (nSPS) is 14.3. The first-order valence-electron chi connectivity index (χ1n) is 10.3. The van der Waals surface area contributed by atoms with Crippen LogP contribution in [0.2, 0.25) is 0 Å². The Balaban J connectivity index is 1.53. The van der Waals surface area contributed by atoms with Crippen LogP contribution in [0.4, 0.5) is 11.6 Å². The molecule has 31 heavy (non-hydrogen) atoms. The molecular weight excluding hydrogens is 416 g/mol. The van der Waals surface area contributed by atoms with E-state index in [4.69, 9.17) is 4.42 Å². The van der Waals surface area contributed by atoms with Crippen molar-refractivity contribution in [3.8, 4) is 0 Å². The number of hydrogen-bond acceptors (Lipinski definition) is 8. The summed E-state index contributed by atoms with van der Waals surface area (Å²) in [6.45, 7) is 3.93. The first-order chi connectivity index (χ1) is 15.0. The number of rotatable bonds is 7. The van der Waals surface area contributed by atoms with E-state index in [2.05, 4.69) is 25.5 Å². The molecule has 2 heterocycles. The number of nitrogens with zero attached hydrogens (tertiary/aromatic N) is 4. The van der Waals surface area contributed by atoms with Crippen LogP contribution in [-0.4, -0.2) is 31.3 Å². The fraction of sp³-hybridized carbons (Fsp3) is 0.381. The Morgan fingerprint density at radius 1 is 1.23 bits per heavy atom. The summed E-state index contributed by atoms with van der Waals surface area (Å²) in [5, 5.41) is 20.5. The van der Waals surface area contributed by atoms with E-state index in [0.29, 0.717) is 33.2 Å². The highest BCUT2D eigenvalue weighted by atomic mass is 32.2. The van der Waals surface area contributed by atoms with Crippen molar-refractivity contribution >= 4 is 29.3 Å². The zero-order chi connectivity index (χ0) is 21.8. The topological polar surface area (TPSA) is 131 Å². The number of anilines is 1. The Hall–Kier alpha value is -2.82. The van der Waals surface area contributed by atoms with Gasteiger partial charge >= 0.3 is 0 Å². The van der Waals surface area contributed by atoms with Gasteiger partial charge in [0.05, 0.1) is 5.56 Å². The molecule has 1 saturated carbocycles. The predicted molar refractivity (Wildman–Crippen MR) is 114 cm³/mol. The molecular formula is C21H25N6O3S+. The average molecular weight is 442 g/mol. The molecule has 1 aliphatic rings. The van der Waals surface area contributed by atoms with Gasteiger partial charge in [-0.25, -0.2) is 15.2 Å². The Labute approximate surface area is 184 Å². The Morgan fingerprint density at radius 2 is 1.97 bits per heavy atom. The number of aromatic nitrogens is 4. The number of carbonyl (C=O) groups excluding carboxylic acids is 1. The van der Waals surface area contributed by atoms with Gasteiger partial charge in [-0.3, -0.25) is 10.1 Å². The summed E-state index contributed by atoms with van der Waals surface area (Å²) >= 11 is 1.19. The summed E-state index contributed by atoms with van der Waals surface area (Å²) in [6.07, 6.45) is 8.37. The Morgan fingerprint density at radius 3 is 2.61 bits per heavy atom. The van der Waals surface area contributed by atoms with Gasteiger partial charge in [-0.05, 0) is 42.2 Å². The summed E-state index contributed by atoms with van der Waals surface area (Å²) in [5.74, 6) is 1.00. The molecule has 0 spiro atoms. The zero-order valence-electron chi connectivity index (χ0n) is 17.4. The molecule has 1 aliphatic carbocycles. The standard InChI is InChI=1S/C21H24N6O3S/c1-12(2)19-25-26-21(30-19)31-17-8-7-15(27-29)9-16(17)18(28)24-20-22-10-14(11-23-20)13-5-3-4-6-13/h7-13,27,29H,3-6H2,1-2H3,(H,22,23,24,28)/p+1. The second kappa shape index (κ2) is 9.54. The second-order valence-corrected chi connectivity index (χ2v) is 8.82. The van der Waals surface area contributed by atoms with E-state index in [0.717, 1.165) is 23.9 Å². The number of hydrogen-bond donors (Lipinski definition) is 3. The van der Waals surface area contributed by atoms with Crippen LogP contribution in [0.1, 0.15) is 73.2 Å². The molecule has 1 amide bonds. The van der Waals surface area contributed by atoms with Crippen molar-refractivity contribution < 1.29 is 19.9 Å². The first kappa shape index (κ1) is 21.4. The lowest BCUT2D eigenvalue weighted by Crippen LogP contribution is -2.73. The summed E-state index contributed by atoms with van der Waals surface area (Å²) in [7, 11) is 0. The maximum Gasteiger partial charge on any atom is 0.281 e. The van der Waals surface area contributed by atoms with Crippen LogP contribution in [0.15, 0.2) is 45.1 Å². The van der Waals surface area contributed by atoms with Crippen molar-refractivity contribution in [2.75, 3.05) is 5.32 Å². The number of nitrogens with one attached hydrogen (secondary N) is 1. The van der Waals surface area contributed by atoms with Crippen LogP contribution < -0.4 is 10.8 Å². The molecule has 3 aromatic rings. The van der Waals surface area contributed by atoms with Crippen molar-refractivity contribution in [3.63, 3.8) is 0 Å². The van der Waals surface area contributed by atoms with E-state index in [-0.39, 0.29) is 17.8 Å². The minimum Gasteiger partial charge on any atom is -0.415 e. The maximum absolute atomic E-state index is 13.0. The molecule has 0 radical (unpaired) electrons. The minimum absolute atomic E-state index is 0.111. The van der Waals surface area contributed by atoms with E-state index < -0.39 is 0 Å². The summed E-state index contributed by atoms with van der Waals surface area (Å²) in [6, 6.07) is 5.01. The molecule has 0 atom stereocenters. The molecule has 2 aromatic heterocycles. The quantitative estimate of drug-likeness (QED) is 0.374. The van der Waals surface area contributed by atoms with Crippen LogP contribution in [0.3, 0.4) is 0 Å². The van der Waals surface area contributed by atoms with Crippen LogP contribution >= 0.6 is 11.8 Å². The van der Waals surface area contributed by atoms with Gasteiger partial charge < -0.3 is 4.42 Å². The van der Waals surface area contributed by atoms with E-state index >= 15 is 0 Å². The Bertz CT molecular complexity index is 1050. The second-order valence-electron chi connectivity index (χ2n) is 7.82. The number of quaternary nitrogens is 1. The lowest BCUT2D eigenvalue weighted by molar-refractivity contribution is -0.825. The summed E-state index contributed by atoms with van der Waals surface area (Å²) < 4.78 is 5.65. The third-order valence-electron chi connectivity index (χ3n) is 5.23. The van der Waals surface area contributed by atoms with Crippen molar-refractivity contribution in [2.45, 2.75) is 61.5 Å². The summed E-state index contributed by atoms with van der Waals surface area (Å²) in [5.41, 5.74) is 2.91. The van der Waals surface area contributed by atoms with Gasteiger partial charge in [0.15, 0.2) is 5.69 Å². The first-order valence-corrected chi connectivity index (χ1v) is 11.1. The van der Waals surface area contributed by atoms with Gasteiger partial charge in [0.2, 0.25) is 11.8 Å². The van der Waals surface area contributed by atoms with Crippen molar-refractivity contribution in [1.29, 1.82) is 0 Å². The van der Waals surface area contributed by atoms with Crippen molar-refractivity contribution in [3.05, 3.63) is 47.6 Å². The maximum atomic E-state index is 13.0. The Kier molecular flexibility index (Phi) is 6.59. The SMILES string of the molecule is CC(C)c1nnc(Sc2ccc([NH2+]O)cc2C(=O)Nc2ncc(C3CCCC3)cn2)o1. The van der Waals surface area contributed by atoms with Gasteiger partial charge in [0.25, 0.3) is 11.1 Å². The van der Waals surface area contributed by atoms with Gasteiger partial charge in [-0.15, -0.1) is 10.2 Å². The van der Waals surface area contributed by atoms with Gasteiger partial charge in [-0.1, -0.05) is 26.7 Å². The fourth-order valence-corrected chi connectivity index (χ4v) is 4.32. The largest absolute Gasteiger partial charge is 0.415 e. The van der Waals surface area contributed by atoms with E-state index in [1.807, 2.05) is 13.8 Å². The summed E-state index contributed by atoms with van der Waals surface area (Å²) in [4.78, 5) is 22.2. The molecule has 10 heteroatoms. The molecule has 162 valence electrons. The molecule has 1 aromatic carbocycles. The van der Waals surface area contributed by atoms with Crippen LogP contribution in [0, 0.1) is 0 Å². The van der Waals surface area contributed by atoms with E-state index in [1.165, 1.54) is 24.6 Å². The van der Waals surface area contributed by atoms with Gasteiger partial charge in [-0.2, -0.15) is 5.48 Å². The highest BCUT2D eigenvalue weighted by molar-refractivity contribution is 7.99. The number of nitrogens with two attached hydrogens (primary N) is 1. The molecule has 0 saturated heterocycles. The van der Waals surface area contributed by atoms with Crippen LogP contribution in [0.5, 0.6) is 0 Å². The monoisotopic (exact) mass is 441 g/mol. The van der Waals surface area contributed by atoms with Crippen molar-refractivity contribution in [1.82, 2.24) is 20.2 Å². The zero-order valence-corrected chi connectivity index (χ0v) is 18.2. The molecule has 4 rings (SSSR count). The van der Waals surface area contributed by atoms with Crippen LogP contribution in [-0.2, 0) is 0 Å². The fourth-order valence-electron chi connectivity index (χ4n) is 3.52. The smallest absolute Gasteiger partial charge is 0.281 e. The molecule has 0 unspecified atom stereocenters. The highest BCUT2D eigenvalue weighted by Gasteiger charge is 2.20. The third-order valence-corrected chi connectivity index (χ3v) is 6.15. The third kappa shape index (κ3) is 5.09. The lowest BCUT2D eigenvalue weighted by atomic mass is 10.0. The van der Waals surface area contributed by atoms with Gasteiger partial charge in [0, 0.05) is 35.3 Å². The average Bonchev–Trinajstić information content (AvgIpc) is 3.47.